The highest BCUT2D eigenvalue weighted by atomic mass is 19.1. The first-order valence-electron chi connectivity index (χ1n) is 5.41. The maximum absolute atomic E-state index is 13.2. The van der Waals surface area contributed by atoms with Crippen LogP contribution in [0.2, 0.25) is 0 Å². The first-order chi connectivity index (χ1) is 8.29. The zero-order chi connectivity index (χ0) is 12.1. The van der Waals surface area contributed by atoms with Crippen LogP contribution in [0.5, 0.6) is 5.75 Å². The first-order valence-corrected chi connectivity index (χ1v) is 5.41. The zero-order valence-corrected chi connectivity index (χ0v) is 9.61. The van der Waals surface area contributed by atoms with Crippen molar-refractivity contribution in [1.29, 1.82) is 0 Å². The Hall–Kier alpha value is -2.03. The van der Waals surface area contributed by atoms with Crippen molar-refractivity contribution in [1.82, 2.24) is 0 Å². The maximum Gasteiger partial charge on any atom is 0.165 e. The molecule has 2 aromatic carbocycles. The number of hydrogen-bond donors (Lipinski definition) is 1. The number of nitrogens with one attached hydrogen (secondary N) is 1. The summed E-state index contributed by atoms with van der Waals surface area (Å²) in [6, 6.07) is 14.7. The molecule has 1 N–H and O–H groups in total. The monoisotopic (exact) mass is 231 g/mol. The van der Waals surface area contributed by atoms with Gasteiger partial charge in [0, 0.05) is 12.2 Å². The number of ether oxygens (including phenoxy) is 1. The number of rotatable bonds is 4. The standard InChI is InChI=1S/C14H14FNO/c1-17-14-9-11(7-8-13(14)15)10-16-12-5-3-2-4-6-12/h2-9,16H,10H2,1H3. The molecule has 0 spiro atoms. The van der Waals surface area contributed by atoms with Crippen LogP contribution < -0.4 is 10.1 Å². The van der Waals surface area contributed by atoms with Crippen molar-refractivity contribution in [3.63, 3.8) is 0 Å². The Labute approximate surface area is 100 Å². The van der Waals surface area contributed by atoms with Crippen molar-refractivity contribution in [2.75, 3.05) is 12.4 Å². The van der Waals surface area contributed by atoms with Crippen LogP contribution in [-0.2, 0) is 6.54 Å². The molecule has 17 heavy (non-hydrogen) atoms. The molecule has 0 amide bonds. The van der Waals surface area contributed by atoms with Crippen molar-refractivity contribution < 1.29 is 9.13 Å². The average molecular weight is 231 g/mol. The van der Waals surface area contributed by atoms with Gasteiger partial charge in [0.15, 0.2) is 11.6 Å². The van der Waals surface area contributed by atoms with Gasteiger partial charge in [0.1, 0.15) is 0 Å². The Balaban J connectivity index is 2.04. The molecule has 0 bridgehead atoms. The topological polar surface area (TPSA) is 21.3 Å². The molecule has 0 saturated heterocycles. The Bertz CT molecular complexity index is 485. The number of para-hydroxylation sites is 1. The lowest BCUT2D eigenvalue weighted by atomic mass is 10.2. The Morgan fingerprint density at radius 2 is 1.88 bits per heavy atom. The van der Waals surface area contributed by atoms with E-state index >= 15 is 0 Å². The van der Waals surface area contributed by atoms with E-state index in [0.717, 1.165) is 11.3 Å². The summed E-state index contributed by atoms with van der Waals surface area (Å²) in [6.07, 6.45) is 0. The minimum atomic E-state index is -0.337. The molecule has 0 heterocycles. The van der Waals surface area contributed by atoms with E-state index in [9.17, 15) is 4.39 Å². The van der Waals surface area contributed by atoms with Crippen LogP contribution >= 0.6 is 0 Å². The Kier molecular flexibility index (Phi) is 3.60. The Morgan fingerprint density at radius 1 is 1.12 bits per heavy atom. The van der Waals surface area contributed by atoms with Gasteiger partial charge in [0.25, 0.3) is 0 Å². The number of methoxy groups -OCH3 is 1. The molecule has 0 atom stereocenters. The van der Waals surface area contributed by atoms with Crippen molar-refractivity contribution in [3.8, 4) is 5.75 Å². The van der Waals surface area contributed by atoms with Gasteiger partial charge in [-0.05, 0) is 29.8 Å². The van der Waals surface area contributed by atoms with Crippen LogP contribution in [0.25, 0.3) is 0 Å². The Morgan fingerprint density at radius 3 is 2.59 bits per heavy atom. The molecule has 0 radical (unpaired) electrons. The summed E-state index contributed by atoms with van der Waals surface area (Å²) in [5, 5.41) is 3.25. The van der Waals surface area contributed by atoms with E-state index in [1.54, 1.807) is 12.1 Å². The molecular weight excluding hydrogens is 217 g/mol. The third-order valence-electron chi connectivity index (χ3n) is 2.49. The molecule has 0 aliphatic heterocycles. The normalized spacial score (nSPS) is 10.0. The van der Waals surface area contributed by atoms with E-state index < -0.39 is 0 Å². The molecule has 0 unspecified atom stereocenters. The van der Waals surface area contributed by atoms with E-state index in [1.807, 2.05) is 30.3 Å². The molecule has 2 rings (SSSR count). The van der Waals surface area contributed by atoms with Crippen LogP contribution in [0.3, 0.4) is 0 Å². The molecule has 2 nitrogen and oxygen atoms in total. The van der Waals surface area contributed by atoms with Crippen molar-refractivity contribution in [2.24, 2.45) is 0 Å². The lowest BCUT2D eigenvalue weighted by Crippen LogP contribution is -2.00. The molecule has 0 saturated carbocycles. The van der Waals surface area contributed by atoms with Gasteiger partial charge in [-0.15, -0.1) is 0 Å². The molecule has 0 aromatic heterocycles. The largest absolute Gasteiger partial charge is 0.494 e. The van der Waals surface area contributed by atoms with Crippen LogP contribution in [0.4, 0.5) is 10.1 Å². The lowest BCUT2D eigenvalue weighted by molar-refractivity contribution is 0.386. The third-order valence-corrected chi connectivity index (χ3v) is 2.49. The van der Waals surface area contributed by atoms with Gasteiger partial charge in [-0.3, -0.25) is 0 Å². The van der Waals surface area contributed by atoms with E-state index in [4.69, 9.17) is 4.74 Å². The summed E-state index contributed by atoms with van der Waals surface area (Å²) in [5.74, 6) is -0.0617. The fourth-order valence-electron chi connectivity index (χ4n) is 1.57. The predicted molar refractivity (Wildman–Crippen MR) is 66.7 cm³/mol. The molecule has 88 valence electrons. The molecule has 2 aromatic rings. The molecule has 0 fully saturated rings. The summed E-state index contributed by atoms with van der Waals surface area (Å²) in [5.41, 5.74) is 2.02. The summed E-state index contributed by atoms with van der Waals surface area (Å²) < 4.78 is 18.1. The second-order valence-corrected chi connectivity index (χ2v) is 3.69. The summed E-state index contributed by atoms with van der Waals surface area (Å²) in [6.45, 7) is 0.640. The molecule has 0 aliphatic carbocycles. The lowest BCUT2D eigenvalue weighted by Gasteiger charge is -2.08. The van der Waals surface area contributed by atoms with Crippen molar-refractivity contribution in [3.05, 3.63) is 59.9 Å². The van der Waals surface area contributed by atoms with Gasteiger partial charge in [-0.2, -0.15) is 0 Å². The number of halogens is 1. The van der Waals surface area contributed by atoms with E-state index in [-0.39, 0.29) is 11.6 Å². The molecule has 0 aliphatic rings. The summed E-state index contributed by atoms with van der Waals surface area (Å²) in [4.78, 5) is 0. The average Bonchev–Trinajstić information content (AvgIpc) is 2.39. The van der Waals surface area contributed by atoms with E-state index in [1.165, 1.54) is 13.2 Å². The van der Waals surface area contributed by atoms with Crippen LogP contribution in [0.1, 0.15) is 5.56 Å². The predicted octanol–water partition coefficient (Wildman–Crippen LogP) is 3.45. The number of benzene rings is 2. The maximum atomic E-state index is 13.2. The number of anilines is 1. The van der Waals surface area contributed by atoms with Crippen LogP contribution in [0.15, 0.2) is 48.5 Å². The van der Waals surface area contributed by atoms with E-state index in [2.05, 4.69) is 5.32 Å². The minimum absolute atomic E-state index is 0.275. The first kappa shape index (κ1) is 11.5. The van der Waals surface area contributed by atoms with Crippen LogP contribution in [-0.4, -0.2) is 7.11 Å². The molecule has 3 heteroatoms. The summed E-state index contributed by atoms with van der Waals surface area (Å²) >= 11 is 0. The van der Waals surface area contributed by atoms with E-state index in [0.29, 0.717) is 6.54 Å². The SMILES string of the molecule is COc1cc(CNc2ccccc2)ccc1F. The van der Waals surface area contributed by atoms with Crippen molar-refractivity contribution in [2.45, 2.75) is 6.54 Å². The van der Waals surface area contributed by atoms with Crippen LogP contribution in [0, 0.1) is 5.82 Å². The minimum Gasteiger partial charge on any atom is -0.494 e. The quantitative estimate of drug-likeness (QED) is 0.870. The van der Waals surface area contributed by atoms with Gasteiger partial charge in [-0.25, -0.2) is 4.39 Å². The second-order valence-electron chi connectivity index (χ2n) is 3.69. The fourth-order valence-corrected chi connectivity index (χ4v) is 1.57. The van der Waals surface area contributed by atoms with Gasteiger partial charge in [0.2, 0.25) is 0 Å². The highest BCUT2D eigenvalue weighted by molar-refractivity contribution is 5.43. The van der Waals surface area contributed by atoms with Gasteiger partial charge in [-0.1, -0.05) is 24.3 Å². The molecular formula is C14H14FNO. The summed E-state index contributed by atoms with van der Waals surface area (Å²) in [7, 11) is 1.47. The smallest absolute Gasteiger partial charge is 0.165 e. The number of hydrogen-bond acceptors (Lipinski definition) is 2. The zero-order valence-electron chi connectivity index (χ0n) is 9.61. The highest BCUT2D eigenvalue weighted by Crippen LogP contribution is 2.19. The highest BCUT2D eigenvalue weighted by Gasteiger charge is 2.03. The second kappa shape index (κ2) is 5.34. The fraction of sp³-hybridized carbons (Fsp3) is 0.143. The van der Waals surface area contributed by atoms with Gasteiger partial charge >= 0.3 is 0 Å². The van der Waals surface area contributed by atoms with Crippen molar-refractivity contribution >= 4 is 5.69 Å². The van der Waals surface area contributed by atoms with Gasteiger partial charge < -0.3 is 10.1 Å². The van der Waals surface area contributed by atoms with Gasteiger partial charge in [0.05, 0.1) is 7.11 Å². The third kappa shape index (κ3) is 2.97.